The van der Waals surface area contributed by atoms with Crippen LogP contribution >= 0.6 is 11.6 Å². The Morgan fingerprint density at radius 1 is 1.21 bits per heavy atom. The standard InChI is InChI=1S/C23H28ClF3N2O4S/c1-5-29(21(31)22(2,3)4)20-18(24)12-15(14-28-20)19(10-7-11-30)34(32,33)17-9-6-8-16(13-17)23(25,26)27/h6,8-9,12-14,19,30H,5,7,10-11H2,1-4H3. The summed E-state index contributed by atoms with van der Waals surface area (Å²) in [5.41, 5.74) is -1.64. The number of pyridine rings is 1. The molecule has 1 N–H and O–H groups in total. The topological polar surface area (TPSA) is 87.6 Å². The van der Waals surface area contributed by atoms with Crippen molar-refractivity contribution in [2.45, 2.75) is 56.9 Å². The van der Waals surface area contributed by atoms with E-state index in [4.69, 9.17) is 11.6 Å². The molecule has 34 heavy (non-hydrogen) atoms. The Labute approximate surface area is 202 Å². The van der Waals surface area contributed by atoms with Gasteiger partial charge < -0.3 is 5.11 Å². The van der Waals surface area contributed by atoms with E-state index in [1.807, 2.05) is 0 Å². The van der Waals surface area contributed by atoms with Crippen LogP contribution in [0.2, 0.25) is 5.02 Å². The third kappa shape index (κ3) is 6.28. The second-order valence-corrected chi connectivity index (χ2v) is 11.3. The van der Waals surface area contributed by atoms with Gasteiger partial charge in [-0.25, -0.2) is 13.4 Å². The highest BCUT2D eigenvalue weighted by atomic mass is 35.5. The van der Waals surface area contributed by atoms with Crippen molar-refractivity contribution < 1.29 is 31.5 Å². The van der Waals surface area contributed by atoms with Crippen molar-refractivity contribution in [2.24, 2.45) is 5.41 Å². The third-order valence-electron chi connectivity index (χ3n) is 5.16. The summed E-state index contributed by atoms with van der Waals surface area (Å²) in [7, 11) is -4.29. The Hall–Kier alpha value is -2.17. The lowest BCUT2D eigenvalue weighted by atomic mass is 9.94. The van der Waals surface area contributed by atoms with Crippen LogP contribution in [0.5, 0.6) is 0 Å². The fourth-order valence-corrected chi connectivity index (χ4v) is 5.53. The number of hydrogen-bond donors (Lipinski definition) is 1. The van der Waals surface area contributed by atoms with Gasteiger partial charge in [-0.1, -0.05) is 38.4 Å². The molecule has 6 nitrogen and oxygen atoms in total. The van der Waals surface area contributed by atoms with E-state index >= 15 is 0 Å². The molecule has 1 aromatic carbocycles. The number of carbonyl (C=O) groups excluding carboxylic acids is 1. The first-order chi connectivity index (χ1) is 15.6. The second kappa shape index (κ2) is 10.6. The number of aliphatic hydroxyl groups is 1. The molecule has 0 spiro atoms. The largest absolute Gasteiger partial charge is 0.416 e. The highest BCUT2D eigenvalue weighted by molar-refractivity contribution is 7.91. The molecule has 2 aromatic rings. The van der Waals surface area contributed by atoms with Crippen LogP contribution in [0.4, 0.5) is 19.0 Å². The van der Waals surface area contributed by atoms with Gasteiger partial charge in [-0.15, -0.1) is 0 Å². The summed E-state index contributed by atoms with van der Waals surface area (Å²) >= 11 is 6.41. The summed E-state index contributed by atoms with van der Waals surface area (Å²) in [6.45, 7) is 6.94. The maximum absolute atomic E-state index is 13.4. The van der Waals surface area contributed by atoms with Gasteiger partial charge in [-0.2, -0.15) is 13.2 Å². The quantitative estimate of drug-likeness (QED) is 0.500. The summed E-state index contributed by atoms with van der Waals surface area (Å²) in [4.78, 5) is 17.9. The van der Waals surface area contributed by atoms with Crippen molar-refractivity contribution in [2.75, 3.05) is 18.1 Å². The number of nitrogens with zero attached hydrogens (tertiary/aromatic N) is 2. The number of aromatic nitrogens is 1. The minimum atomic E-state index is -4.71. The van der Waals surface area contributed by atoms with E-state index in [9.17, 15) is 31.5 Å². The number of rotatable bonds is 8. The first-order valence-electron chi connectivity index (χ1n) is 10.6. The molecule has 188 valence electrons. The van der Waals surface area contributed by atoms with E-state index in [1.54, 1.807) is 27.7 Å². The molecule has 0 aliphatic rings. The molecule has 1 heterocycles. The van der Waals surface area contributed by atoms with Crippen molar-refractivity contribution in [3.05, 3.63) is 52.7 Å². The highest BCUT2D eigenvalue weighted by Crippen LogP contribution is 2.38. The van der Waals surface area contributed by atoms with Crippen molar-refractivity contribution in [1.29, 1.82) is 0 Å². The van der Waals surface area contributed by atoms with Crippen molar-refractivity contribution in [3.63, 3.8) is 0 Å². The van der Waals surface area contributed by atoms with Crippen LogP contribution in [-0.4, -0.2) is 37.6 Å². The molecule has 0 bridgehead atoms. The van der Waals surface area contributed by atoms with E-state index in [0.29, 0.717) is 6.07 Å². The Morgan fingerprint density at radius 2 is 1.85 bits per heavy atom. The minimum absolute atomic E-state index is 0.0326. The zero-order valence-corrected chi connectivity index (χ0v) is 20.9. The molecule has 2 rings (SSSR count). The van der Waals surface area contributed by atoms with Gasteiger partial charge >= 0.3 is 6.18 Å². The van der Waals surface area contributed by atoms with E-state index in [-0.39, 0.29) is 48.3 Å². The SMILES string of the molecule is CCN(C(=O)C(C)(C)C)c1ncc(C(CCCO)S(=O)(=O)c2cccc(C(F)(F)F)c2)cc1Cl. The molecule has 0 fully saturated rings. The van der Waals surface area contributed by atoms with Crippen LogP contribution in [0, 0.1) is 5.41 Å². The summed E-state index contributed by atoms with van der Waals surface area (Å²) in [6.07, 6.45) is -3.43. The Morgan fingerprint density at radius 3 is 2.35 bits per heavy atom. The van der Waals surface area contributed by atoms with Crippen LogP contribution in [0.15, 0.2) is 41.4 Å². The number of carbonyl (C=O) groups is 1. The molecule has 0 radical (unpaired) electrons. The molecule has 11 heteroatoms. The van der Waals surface area contributed by atoms with Gasteiger partial charge in [0.2, 0.25) is 5.91 Å². The molecule has 0 aliphatic carbocycles. The molecule has 0 saturated carbocycles. The van der Waals surface area contributed by atoms with Gasteiger partial charge in [-0.05, 0) is 49.6 Å². The van der Waals surface area contributed by atoms with Gasteiger partial charge in [0.25, 0.3) is 0 Å². The van der Waals surface area contributed by atoms with Gasteiger partial charge in [0.1, 0.15) is 0 Å². The van der Waals surface area contributed by atoms with Gasteiger partial charge in [0.15, 0.2) is 15.7 Å². The van der Waals surface area contributed by atoms with Gasteiger partial charge in [0, 0.05) is 24.8 Å². The summed E-state index contributed by atoms with van der Waals surface area (Å²) in [5.74, 6) is -0.0733. The minimum Gasteiger partial charge on any atom is -0.396 e. The smallest absolute Gasteiger partial charge is 0.396 e. The zero-order valence-electron chi connectivity index (χ0n) is 19.4. The average molecular weight is 521 g/mol. The highest BCUT2D eigenvalue weighted by Gasteiger charge is 2.35. The number of halogens is 4. The molecule has 1 unspecified atom stereocenters. The van der Waals surface area contributed by atoms with E-state index < -0.39 is 37.1 Å². The van der Waals surface area contributed by atoms with E-state index in [2.05, 4.69) is 4.98 Å². The Bertz CT molecular complexity index is 1130. The number of hydrogen-bond acceptors (Lipinski definition) is 5. The second-order valence-electron chi connectivity index (χ2n) is 8.80. The van der Waals surface area contributed by atoms with Crippen molar-refractivity contribution in [1.82, 2.24) is 4.98 Å². The number of aliphatic hydroxyl groups excluding tert-OH is 1. The Balaban J connectivity index is 2.56. The molecule has 0 aliphatic heterocycles. The van der Waals surface area contributed by atoms with Crippen molar-refractivity contribution >= 4 is 33.2 Å². The fourth-order valence-electron chi connectivity index (χ4n) is 3.41. The maximum Gasteiger partial charge on any atom is 0.416 e. The molecular weight excluding hydrogens is 493 g/mol. The van der Waals surface area contributed by atoms with Crippen LogP contribution in [0.1, 0.15) is 56.9 Å². The number of alkyl halides is 3. The average Bonchev–Trinajstić information content (AvgIpc) is 2.74. The lowest BCUT2D eigenvalue weighted by Crippen LogP contribution is -2.40. The summed E-state index contributed by atoms with van der Waals surface area (Å²) < 4.78 is 66.2. The first-order valence-corrected chi connectivity index (χ1v) is 12.6. The van der Waals surface area contributed by atoms with E-state index in [0.717, 1.165) is 18.2 Å². The Kier molecular flexibility index (Phi) is 8.77. The van der Waals surface area contributed by atoms with Crippen LogP contribution < -0.4 is 4.90 Å². The zero-order chi connectivity index (χ0) is 25.9. The van der Waals surface area contributed by atoms with E-state index in [1.165, 1.54) is 17.2 Å². The number of anilines is 1. The lowest BCUT2D eigenvalue weighted by molar-refractivity contribution is -0.137. The fraction of sp³-hybridized carbons (Fsp3) is 0.478. The molecule has 0 saturated heterocycles. The lowest BCUT2D eigenvalue weighted by Gasteiger charge is -2.28. The molecule has 1 atom stereocenters. The molecule has 1 amide bonds. The predicted molar refractivity (Wildman–Crippen MR) is 124 cm³/mol. The number of amides is 1. The third-order valence-corrected chi connectivity index (χ3v) is 7.61. The number of benzene rings is 1. The van der Waals surface area contributed by atoms with Gasteiger partial charge in [0.05, 0.1) is 20.7 Å². The molecule has 1 aromatic heterocycles. The van der Waals surface area contributed by atoms with Crippen LogP contribution in [-0.2, 0) is 20.8 Å². The maximum atomic E-state index is 13.4. The first kappa shape index (κ1) is 28.1. The van der Waals surface area contributed by atoms with Crippen LogP contribution in [0.3, 0.4) is 0 Å². The molecular formula is C23H28ClF3N2O4S. The number of sulfone groups is 1. The summed E-state index contributed by atoms with van der Waals surface area (Å²) in [5, 5.41) is 8.00. The monoisotopic (exact) mass is 520 g/mol. The predicted octanol–water partition coefficient (Wildman–Crippen LogP) is 5.44. The van der Waals surface area contributed by atoms with Crippen molar-refractivity contribution in [3.8, 4) is 0 Å². The normalized spacial score (nSPS) is 13.6. The van der Waals surface area contributed by atoms with Crippen LogP contribution in [0.25, 0.3) is 0 Å². The van der Waals surface area contributed by atoms with Gasteiger partial charge in [-0.3, -0.25) is 9.69 Å². The summed E-state index contributed by atoms with van der Waals surface area (Å²) in [6, 6.07) is 4.87.